The fourth-order valence-electron chi connectivity index (χ4n) is 4.35. The number of ether oxygens (including phenoxy) is 1. The van der Waals surface area contributed by atoms with Crippen molar-refractivity contribution in [3.63, 3.8) is 0 Å². The van der Waals surface area contributed by atoms with Gasteiger partial charge in [-0.2, -0.15) is 0 Å². The number of imide groups is 1. The normalized spacial score (nSPS) is 20.9. The van der Waals surface area contributed by atoms with E-state index in [1.807, 2.05) is 42.5 Å². The minimum atomic E-state index is -0.387. The molecule has 1 saturated carbocycles. The summed E-state index contributed by atoms with van der Waals surface area (Å²) in [6, 6.07) is 22.2. The molecule has 2 N–H and O–H groups in total. The van der Waals surface area contributed by atoms with Crippen LogP contribution in [0.15, 0.2) is 71.6 Å². The molecule has 0 radical (unpaired) electrons. The molecule has 2 fully saturated rings. The highest BCUT2D eigenvalue weighted by Gasteiger charge is 2.31. The average Bonchev–Trinajstić information content (AvgIpc) is 3.59. The second kappa shape index (κ2) is 10.6. The van der Waals surface area contributed by atoms with E-state index in [0.717, 1.165) is 40.0 Å². The van der Waals surface area contributed by atoms with E-state index < -0.39 is 0 Å². The van der Waals surface area contributed by atoms with E-state index in [1.54, 1.807) is 6.08 Å². The van der Waals surface area contributed by atoms with Gasteiger partial charge in [0.05, 0.1) is 22.6 Å². The highest BCUT2D eigenvalue weighted by molar-refractivity contribution is 8.18. The Morgan fingerprint density at radius 1 is 1.03 bits per heavy atom. The molecule has 2 atom stereocenters. The van der Waals surface area contributed by atoms with E-state index in [-0.39, 0.29) is 29.1 Å². The fraction of sp³-hybridized carbons (Fsp3) is 0.222. The van der Waals surface area contributed by atoms with Crippen LogP contribution in [0.3, 0.4) is 0 Å². The maximum atomic E-state index is 12.8. The van der Waals surface area contributed by atoms with Crippen LogP contribution in [0.4, 0.5) is 9.80 Å². The van der Waals surface area contributed by atoms with Gasteiger partial charge in [0, 0.05) is 10.8 Å². The Morgan fingerprint density at radius 3 is 2.63 bits per heavy atom. The lowest BCUT2D eigenvalue weighted by atomic mass is 10.0. The van der Waals surface area contributed by atoms with Crippen molar-refractivity contribution in [2.75, 3.05) is 5.32 Å². The lowest BCUT2D eigenvalue weighted by molar-refractivity contribution is -0.120. The van der Waals surface area contributed by atoms with E-state index in [0.29, 0.717) is 17.9 Å². The van der Waals surface area contributed by atoms with Crippen LogP contribution in [0.5, 0.6) is 0 Å². The summed E-state index contributed by atoms with van der Waals surface area (Å²) in [5.41, 5.74) is 3.48. The Balaban J connectivity index is 1.14. The first-order valence-corrected chi connectivity index (χ1v) is 13.1. The van der Waals surface area contributed by atoms with E-state index in [4.69, 9.17) is 4.74 Å². The Kier molecular flexibility index (Phi) is 7.13. The first-order chi connectivity index (χ1) is 17.0. The third-order valence-corrected chi connectivity index (χ3v) is 7.88. The predicted molar refractivity (Wildman–Crippen MR) is 140 cm³/mol. The maximum absolute atomic E-state index is 12.8. The highest BCUT2D eigenvalue weighted by atomic mass is 32.2. The molecule has 6 nitrogen and oxygen atoms in total. The highest BCUT2D eigenvalue weighted by Crippen LogP contribution is 2.33. The monoisotopic (exact) mass is 504 g/mol. The van der Waals surface area contributed by atoms with Crippen molar-refractivity contribution in [3.8, 4) is 11.1 Å². The zero-order chi connectivity index (χ0) is 24.2. The molecule has 1 aliphatic carbocycles. The SMILES string of the molecule is O=C1NC(=O)/C(=C/c2ccc(NC(=O)[C@H]3CC[C@H](OCc4ccccc4-c4ccccc4)C3)s2)S1. The third kappa shape index (κ3) is 5.73. The topological polar surface area (TPSA) is 84.5 Å². The maximum Gasteiger partial charge on any atom is 0.290 e. The van der Waals surface area contributed by atoms with Gasteiger partial charge < -0.3 is 10.1 Å². The number of thiophene rings is 1. The summed E-state index contributed by atoms with van der Waals surface area (Å²) in [4.78, 5) is 37.0. The molecule has 1 aromatic heterocycles. The molecule has 8 heteroatoms. The van der Waals surface area contributed by atoms with Crippen LogP contribution in [0.2, 0.25) is 0 Å². The summed E-state index contributed by atoms with van der Waals surface area (Å²) >= 11 is 2.26. The average molecular weight is 505 g/mol. The molecular weight excluding hydrogens is 480 g/mol. The third-order valence-electron chi connectivity index (χ3n) is 6.12. The van der Waals surface area contributed by atoms with Crippen LogP contribution in [0, 0.1) is 5.92 Å². The second-order valence-corrected chi connectivity index (χ2v) is 10.6. The Hall–Kier alpha value is -3.20. The summed E-state index contributed by atoms with van der Waals surface area (Å²) < 4.78 is 6.23. The first kappa shape index (κ1) is 23.5. The van der Waals surface area contributed by atoms with Crippen LogP contribution < -0.4 is 10.6 Å². The molecule has 35 heavy (non-hydrogen) atoms. The zero-order valence-corrected chi connectivity index (χ0v) is 20.5. The smallest absolute Gasteiger partial charge is 0.290 e. The van der Waals surface area contributed by atoms with Gasteiger partial charge in [-0.25, -0.2) is 0 Å². The summed E-state index contributed by atoms with van der Waals surface area (Å²) in [5.74, 6) is -0.491. The van der Waals surface area contributed by atoms with Gasteiger partial charge in [0.15, 0.2) is 0 Å². The number of thioether (sulfide) groups is 1. The van der Waals surface area contributed by atoms with Gasteiger partial charge in [0.25, 0.3) is 11.1 Å². The van der Waals surface area contributed by atoms with E-state index >= 15 is 0 Å². The van der Waals surface area contributed by atoms with Crippen molar-refractivity contribution in [2.24, 2.45) is 5.92 Å². The minimum absolute atomic E-state index is 0.00926. The molecule has 178 valence electrons. The molecule has 1 aliphatic heterocycles. The molecule has 3 aromatic rings. The molecule has 0 spiro atoms. The number of rotatable bonds is 7. The van der Waals surface area contributed by atoms with E-state index in [1.165, 1.54) is 22.5 Å². The van der Waals surface area contributed by atoms with Gasteiger partial charge in [-0.05, 0) is 65.9 Å². The number of benzene rings is 2. The molecule has 3 amide bonds. The summed E-state index contributed by atoms with van der Waals surface area (Å²) in [6.45, 7) is 0.515. The molecule has 2 heterocycles. The lowest BCUT2D eigenvalue weighted by Crippen LogP contribution is -2.21. The first-order valence-electron chi connectivity index (χ1n) is 11.5. The largest absolute Gasteiger partial charge is 0.373 e. The van der Waals surface area contributed by atoms with Gasteiger partial charge >= 0.3 is 0 Å². The molecule has 1 saturated heterocycles. The number of hydrogen-bond donors (Lipinski definition) is 2. The lowest BCUT2D eigenvalue weighted by Gasteiger charge is -2.15. The van der Waals surface area contributed by atoms with E-state index in [2.05, 4.69) is 34.9 Å². The van der Waals surface area contributed by atoms with Crippen molar-refractivity contribution in [2.45, 2.75) is 32.0 Å². The van der Waals surface area contributed by atoms with Crippen LogP contribution in [-0.2, 0) is 20.9 Å². The van der Waals surface area contributed by atoms with E-state index in [9.17, 15) is 14.4 Å². The van der Waals surface area contributed by atoms with Gasteiger partial charge in [0.2, 0.25) is 5.91 Å². The van der Waals surface area contributed by atoms with Crippen LogP contribution in [0.1, 0.15) is 29.7 Å². The number of nitrogens with one attached hydrogen (secondary N) is 2. The standard InChI is InChI=1S/C27H24N2O4S2/c30-25(28-24-13-12-21(34-24)15-23-26(31)29-27(32)35-23)18-10-11-20(14-18)33-16-19-8-4-5-9-22(19)17-6-2-1-3-7-17/h1-9,12-13,15,18,20H,10-11,14,16H2,(H,28,30)(H,29,31,32)/b23-15-/t18-,20-/m0/s1. The quantitative estimate of drug-likeness (QED) is 0.382. The van der Waals surface area contributed by atoms with Crippen molar-refractivity contribution < 1.29 is 19.1 Å². The number of carbonyl (C=O) groups is 3. The fourth-order valence-corrected chi connectivity index (χ4v) is 5.96. The number of anilines is 1. The second-order valence-electron chi connectivity index (χ2n) is 8.51. The number of carbonyl (C=O) groups excluding carboxylic acids is 3. The Morgan fingerprint density at radius 2 is 1.83 bits per heavy atom. The van der Waals surface area contributed by atoms with Crippen LogP contribution >= 0.6 is 23.1 Å². The van der Waals surface area contributed by atoms with Crippen LogP contribution in [0.25, 0.3) is 17.2 Å². The van der Waals surface area contributed by atoms with Crippen molar-refractivity contribution in [1.82, 2.24) is 5.32 Å². The molecular formula is C27H24N2O4S2. The minimum Gasteiger partial charge on any atom is -0.373 e. The Bertz CT molecular complexity index is 1290. The van der Waals surface area contributed by atoms with Gasteiger partial charge in [-0.1, -0.05) is 54.6 Å². The number of hydrogen-bond acceptors (Lipinski definition) is 6. The molecule has 0 unspecified atom stereocenters. The van der Waals surface area contributed by atoms with Gasteiger partial charge in [0.1, 0.15) is 0 Å². The number of amides is 3. The zero-order valence-electron chi connectivity index (χ0n) is 18.9. The molecule has 0 bridgehead atoms. The van der Waals surface area contributed by atoms with Crippen molar-refractivity contribution in [1.29, 1.82) is 0 Å². The van der Waals surface area contributed by atoms with Crippen molar-refractivity contribution in [3.05, 3.63) is 82.1 Å². The van der Waals surface area contributed by atoms with Crippen LogP contribution in [-0.4, -0.2) is 23.2 Å². The predicted octanol–water partition coefficient (Wildman–Crippen LogP) is 6.06. The summed E-state index contributed by atoms with van der Waals surface area (Å²) in [6.07, 6.45) is 4.05. The summed E-state index contributed by atoms with van der Waals surface area (Å²) in [5, 5.41) is 5.59. The summed E-state index contributed by atoms with van der Waals surface area (Å²) in [7, 11) is 0. The van der Waals surface area contributed by atoms with Gasteiger partial charge in [-0.15, -0.1) is 11.3 Å². The molecule has 2 aromatic carbocycles. The molecule has 5 rings (SSSR count). The Labute approximate surface area is 211 Å². The van der Waals surface area contributed by atoms with Gasteiger partial charge in [-0.3, -0.25) is 19.7 Å². The molecule has 2 aliphatic rings. The van der Waals surface area contributed by atoms with Crippen molar-refractivity contribution >= 4 is 51.2 Å².